The predicted octanol–water partition coefficient (Wildman–Crippen LogP) is 4.14. The smallest absolute Gasteiger partial charge is 0.263 e. The lowest BCUT2D eigenvalue weighted by molar-refractivity contribution is -0.116. The molecule has 8 heteroatoms. The fourth-order valence-electron chi connectivity index (χ4n) is 3.41. The summed E-state index contributed by atoms with van der Waals surface area (Å²) in [5, 5.41) is 5.14. The maximum atomic E-state index is 12.9. The molecule has 1 aliphatic rings. The number of aromatic nitrogens is 1. The Morgan fingerprint density at radius 3 is 2.79 bits per heavy atom. The van der Waals surface area contributed by atoms with Crippen molar-refractivity contribution in [2.75, 3.05) is 10.0 Å². The van der Waals surface area contributed by atoms with Crippen LogP contribution in [0.3, 0.4) is 0 Å². The van der Waals surface area contributed by atoms with E-state index >= 15 is 0 Å². The van der Waals surface area contributed by atoms with Gasteiger partial charge < -0.3 is 5.32 Å². The van der Waals surface area contributed by atoms with E-state index < -0.39 is 10.0 Å². The van der Waals surface area contributed by atoms with Gasteiger partial charge in [0.25, 0.3) is 10.0 Å². The normalized spacial score (nSPS) is 14.1. The summed E-state index contributed by atoms with van der Waals surface area (Å²) in [5.41, 5.74) is 2.27. The van der Waals surface area contributed by atoms with E-state index in [9.17, 15) is 13.2 Å². The van der Waals surface area contributed by atoms with Crippen LogP contribution in [0.5, 0.6) is 0 Å². The number of fused-ring (bicyclic) bond motifs is 4. The number of carbonyl (C=O) groups is 1. The second kappa shape index (κ2) is 6.29. The van der Waals surface area contributed by atoms with Crippen molar-refractivity contribution in [3.63, 3.8) is 0 Å². The molecule has 0 saturated heterocycles. The molecule has 0 aliphatic carbocycles. The molecule has 0 saturated carbocycles. The molecule has 6 nitrogen and oxygen atoms in total. The Kier molecular flexibility index (Phi) is 3.85. The Morgan fingerprint density at radius 2 is 1.89 bits per heavy atom. The second-order valence-electron chi connectivity index (χ2n) is 6.63. The highest BCUT2D eigenvalue weighted by Gasteiger charge is 2.21. The minimum absolute atomic E-state index is 0.0528. The predicted molar refractivity (Wildman–Crippen MR) is 111 cm³/mol. The van der Waals surface area contributed by atoms with E-state index in [1.165, 1.54) is 17.4 Å². The van der Waals surface area contributed by atoms with Crippen LogP contribution in [-0.2, 0) is 21.2 Å². The monoisotopic (exact) mass is 409 g/mol. The first-order valence-electron chi connectivity index (χ1n) is 8.73. The van der Waals surface area contributed by atoms with Gasteiger partial charge in [-0.2, -0.15) is 0 Å². The number of anilines is 2. The van der Waals surface area contributed by atoms with E-state index in [2.05, 4.69) is 15.0 Å². The first-order chi connectivity index (χ1) is 13.5. The average molecular weight is 409 g/mol. The van der Waals surface area contributed by atoms with Crippen LogP contribution in [0, 0.1) is 0 Å². The summed E-state index contributed by atoms with van der Waals surface area (Å²) >= 11 is 1.30. The maximum Gasteiger partial charge on any atom is 0.263 e. The van der Waals surface area contributed by atoms with Crippen molar-refractivity contribution >= 4 is 59.1 Å². The molecule has 0 unspecified atom stereocenters. The Hall–Kier alpha value is -2.97. The Bertz CT molecular complexity index is 1360. The fourth-order valence-corrected chi connectivity index (χ4v) is 5.57. The summed E-state index contributed by atoms with van der Waals surface area (Å²) in [4.78, 5) is 16.2. The molecule has 3 aromatic carbocycles. The highest BCUT2D eigenvalue weighted by Crippen LogP contribution is 2.33. The van der Waals surface area contributed by atoms with Crippen molar-refractivity contribution in [1.82, 2.24) is 4.98 Å². The molecule has 2 N–H and O–H groups in total. The number of nitrogens with one attached hydrogen (secondary N) is 2. The molecular weight excluding hydrogens is 394 g/mol. The van der Waals surface area contributed by atoms with E-state index in [4.69, 9.17) is 0 Å². The quantitative estimate of drug-likeness (QED) is 0.532. The molecule has 1 aromatic heterocycles. The lowest BCUT2D eigenvalue weighted by atomic mass is 10.0. The number of amides is 1. The van der Waals surface area contributed by atoms with Gasteiger partial charge in [0.1, 0.15) is 0 Å². The first kappa shape index (κ1) is 17.2. The lowest BCUT2D eigenvalue weighted by Crippen LogP contribution is -2.20. The van der Waals surface area contributed by atoms with Crippen LogP contribution in [0.1, 0.15) is 12.0 Å². The number of rotatable bonds is 3. The van der Waals surface area contributed by atoms with Gasteiger partial charge in [0.15, 0.2) is 5.13 Å². The van der Waals surface area contributed by atoms with Gasteiger partial charge in [-0.15, -0.1) is 0 Å². The molecule has 1 amide bonds. The van der Waals surface area contributed by atoms with Crippen LogP contribution in [0.4, 0.5) is 10.8 Å². The number of carbonyl (C=O) groups excluding carboxylic acids is 1. The zero-order valence-corrected chi connectivity index (χ0v) is 16.2. The van der Waals surface area contributed by atoms with Crippen molar-refractivity contribution in [2.24, 2.45) is 0 Å². The number of thiazole rings is 1. The Balaban J connectivity index is 1.51. The van der Waals surface area contributed by atoms with E-state index in [0.717, 1.165) is 26.6 Å². The largest absolute Gasteiger partial charge is 0.326 e. The molecule has 5 rings (SSSR count). The number of sulfonamides is 1. The molecular formula is C20H15N3O3S2. The van der Waals surface area contributed by atoms with Crippen molar-refractivity contribution in [2.45, 2.75) is 17.7 Å². The van der Waals surface area contributed by atoms with Crippen LogP contribution in [0.25, 0.3) is 21.0 Å². The number of aryl methyl sites for hydroxylation is 1. The second-order valence-corrected chi connectivity index (χ2v) is 9.34. The maximum absolute atomic E-state index is 12.9. The van der Waals surface area contributed by atoms with Gasteiger partial charge in [0.05, 0.1) is 15.1 Å². The molecule has 2 heterocycles. The van der Waals surface area contributed by atoms with Gasteiger partial charge in [-0.3, -0.25) is 9.52 Å². The summed E-state index contributed by atoms with van der Waals surface area (Å²) in [6.07, 6.45) is 0.881. The topological polar surface area (TPSA) is 88.2 Å². The standard InChI is InChI=1S/C20H15N3O3S2/c24-18-10-6-13-11-14(7-8-16(13)21-18)28(25,26)23-20-22-19-15-4-2-1-3-12(15)5-9-17(19)27-20/h1-5,7-9,11H,6,10H2,(H,21,24)(H,22,23). The van der Waals surface area contributed by atoms with Crippen LogP contribution < -0.4 is 10.0 Å². The highest BCUT2D eigenvalue weighted by atomic mass is 32.2. The lowest BCUT2D eigenvalue weighted by Gasteiger charge is -2.17. The number of nitrogens with zero attached hydrogens (tertiary/aromatic N) is 1. The minimum Gasteiger partial charge on any atom is -0.326 e. The van der Waals surface area contributed by atoms with Crippen molar-refractivity contribution < 1.29 is 13.2 Å². The molecule has 0 spiro atoms. The van der Waals surface area contributed by atoms with Gasteiger partial charge in [-0.05, 0) is 41.6 Å². The van der Waals surface area contributed by atoms with Crippen molar-refractivity contribution in [1.29, 1.82) is 0 Å². The average Bonchev–Trinajstić information content (AvgIpc) is 3.09. The van der Waals surface area contributed by atoms with Gasteiger partial charge in [-0.25, -0.2) is 13.4 Å². The summed E-state index contributed by atoms with van der Waals surface area (Å²) in [6.45, 7) is 0. The van der Waals surface area contributed by atoms with Crippen LogP contribution >= 0.6 is 11.3 Å². The van der Waals surface area contributed by atoms with E-state index in [1.54, 1.807) is 12.1 Å². The van der Waals surface area contributed by atoms with E-state index in [1.807, 2.05) is 36.4 Å². The summed E-state index contributed by atoms with van der Waals surface area (Å²) in [5.74, 6) is -0.0528. The van der Waals surface area contributed by atoms with Crippen LogP contribution in [-0.4, -0.2) is 19.3 Å². The zero-order chi connectivity index (χ0) is 19.3. The van der Waals surface area contributed by atoms with Crippen LogP contribution in [0.2, 0.25) is 0 Å². The summed E-state index contributed by atoms with van der Waals surface area (Å²) in [7, 11) is -3.78. The van der Waals surface area contributed by atoms with Crippen molar-refractivity contribution in [3.05, 3.63) is 60.2 Å². The zero-order valence-electron chi connectivity index (χ0n) is 14.6. The third-order valence-corrected chi connectivity index (χ3v) is 7.19. The SMILES string of the molecule is O=C1CCc2cc(S(=O)(=O)Nc3nc4c(ccc5ccccc54)s3)ccc2N1. The summed E-state index contributed by atoms with van der Waals surface area (Å²) < 4.78 is 29.2. The molecule has 140 valence electrons. The van der Waals surface area contributed by atoms with Crippen molar-refractivity contribution in [3.8, 4) is 0 Å². The van der Waals surface area contributed by atoms with Gasteiger partial charge >= 0.3 is 0 Å². The molecule has 0 radical (unpaired) electrons. The van der Waals surface area contributed by atoms with E-state index in [0.29, 0.717) is 23.7 Å². The molecule has 1 aliphatic heterocycles. The number of benzene rings is 3. The first-order valence-corrected chi connectivity index (χ1v) is 11.0. The van der Waals surface area contributed by atoms with Gasteiger partial charge in [-0.1, -0.05) is 41.7 Å². The Labute approximate surface area is 165 Å². The molecule has 28 heavy (non-hydrogen) atoms. The van der Waals surface area contributed by atoms with Gasteiger partial charge in [0.2, 0.25) is 5.91 Å². The molecule has 0 fully saturated rings. The number of hydrogen-bond donors (Lipinski definition) is 2. The van der Waals surface area contributed by atoms with Gasteiger partial charge in [0, 0.05) is 17.5 Å². The molecule has 0 atom stereocenters. The third-order valence-electron chi connectivity index (χ3n) is 4.79. The van der Waals surface area contributed by atoms with Crippen LogP contribution in [0.15, 0.2) is 59.5 Å². The highest BCUT2D eigenvalue weighted by molar-refractivity contribution is 7.93. The molecule has 4 aromatic rings. The fraction of sp³-hybridized carbons (Fsp3) is 0.100. The summed E-state index contributed by atoms with van der Waals surface area (Å²) in [6, 6.07) is 16.6. The Morgan fingerprint density at radius 1 is 1.04 bits per heavy atom. The van der Waals surface area contributed by atoms with E-state index in [-0.39, 0.29) is 10.8 Å². The number of hydrogen-bond acceptors (Lipinski definition) is 5. The third kappa shape index (κ3) is 2.90. The minimum atomic E-state index is -3.78. The molecule has 0 bridgehead atoms.